The van der Waals surface area contributed by atoms with Crippen molar-refractivity contribution < 1.29 is 5.11 Å². The van der Waals surface area contributed by atoms with Crippen molar-refractivity contribution >= 4 is 16.8 Å². The van der Waals surface area contributed by atoms with Crippen LogP contribution in [0.15, 0.2) is 12.2 Å². The van der Waals surface area contributed by atoms with Gasteiger partial charge in [0.2, 0.25) is 0 Å². The Morgan fingerprint density at radius 3 is 2.50 bits per heavy atom. The first-order valence-corrected chi connectivity index (χ1v) is 2.61. The molecule has 0 heterocycles. The van der Waals surface area contributed by atoms with Crippen molar-refractivity contribution in [3.05, 3.63) is 12.2 Å². The zero-order valence-electron chi connectivity index (χ0n) is 4.56. The SMILES string of the molecule is CC(O)/C=C\C(=N)Cl. The third-order valence-corrected chi connectivity index (χ3v) is 0.647. The van der Waals surface area contributed by atoms with Crippen molar-refractivity contribution in [1.29, 1.82) is 5.41 Å². The van der Waals surface area contributed by atoms with Gasteiger partial charge in [0.15, 0.2) is 0 Å². The Kier molecular flexibility index (Phi) is 3.48. The molecule has 2 nitrogen and oxygen atoms in total. The van der Waals surface area contributed by atoms with Gasteiger partial charge in [-0.3, -0.25) is 5.41 Å². The van der Waals surface area contributed by atoms with E-state index in [1.54, 1.807) is 6.92 Å². The van der Waals surface area contributed by atoms with Crippen molar-refractivity contribution in [2.45, 2.75) is 13.0 Å². The van der Waals surface area contributed by atoms with Crippen molar-refractivity contribution in [1.82, 2.24) is 0 Å². The molecule has 0 fully saturated rings. The molecule has 0 saturated heterocycles. The standard InChI is InChI=1S/C5H8ClNO/c1-4(8)2-3-5(6)7/h2-4,7-8H,1H3/b3-2-,7-5?. The molecule has 0 amide bonds. The zero-order valence-corrected chi connectivity index (χ0v) is 5.31. The normalized spacial score (nSPS) is 14.4. The number of rotatable bonds is 2. The van der Waals surface area contributed by atoms with Gasteiger partial charge in [-0.1, -0.05) is 17.7 Å². The van der Waals surface area contributed by atoms with E-state index in [1.165, 1.54) is 12.2 Å². The molecule has 0 saturated carbocycles. The van der Waals surface area contributed by atoms with Crippen molar-refractivity contribution in [2.24, 2.45) is 0 Å². The van der Waals surface area contributed by atoms with Gasteiger partial charge in [-0.2, -0.15) is 0 Å². The van der Waals surface area contributed by atoms with Crippen LogP contribution in [0.3, 0.4) is 0 Å². The first kappa shape index (κ1) is 7.66. The van der Waals surface area contributed by atoms with Gasteiger partial charge in [-0.25, -0.2) is 0 Å². The van der Waals surface area contributed by atoms with E-state index >= 15 is 0 Å². The second-order valence-corrected chi connectivity index (χ2v) is 1.85. The molecule has 0 aliphatic rings. The maximum atomic E-state index is 8.56. The van der Waals surface area contributed by atoms with E-state index in [1.807, 2.05) is 0 Å². The van der Waals surface area contributed by atoms with Crippen LogP contribution in [0.5, 0.6) is 0 Å². The first-order valence-electron chi connectivity index (χ1n) is 2.23. The van der Waals surface area contributed by atoms with Crippen LogP contribution in [-0.2, 0) is 0 Å². The summed E-state index contributed by atoms with van der Waals surface area (Å²) in [5.41, 5.74) is 0. The van der Waals surface area contributed by atoms with E-state index in [2.05, 4.69) is 0 Å². The Labute approximate surface area is 53.3 Å². The summed E-state index contributed by atoms with van der Waals surface area (Å²) in [6.45, 7) is 1.59. The van der Waals surface area contributed by atoms with Gasteiger partial charge in [-0.15, -0.1) is 0 Å². The summed E-state index contributed by atoms with van der Waals surface area (Å²) < 4.78 is 0. The molecule has 46 valence electrons. The number of halogens is 1. The van der Waals surface area contributed by atoms with Crippen LogP contribution in [0, 0.1) is 5.41 Å². The minimum absolute atomic E-state index is 0.0640. The Balaban J connectivity index is 3.50. The number of hydrogen-bond acceptors (Lipinski definition) is 2. The predicted molar refractivity (Wildman–Crippen MR) is 34.4 cm³/mol. The van der Waals surface area contributed by atoms with Gasteiger partial charge in [0.05, 0.1) is 6.10 Å². The van der Waals surface area contributed by atoms with Crippen molar-refractivity contribution in [2.75, 3.05) is 0 Å². The van der Waals surface area contributed by atoms with E-state index in [-0.39, 0.29) is 5.17 Å². The second-order valence-electron chi connectivity index (χ2n) is 1.45. The summed E-state index contributed by atoms with van der Waals surface area (Å²) in [5.74, 6) is 0. The van der Waals surface area contributed by atoms with Crippen LogP contribution in [0.4, 0.5) is 0 Å². The maximum absolute atomic E-state index is 8.56. The quantitative estimate of drug-likeness (QED) is 0.545. The van der Waals surface area contributed by atoms with E-state index in [4.69, 9.17) is 22.1 Å². The highest BCUT2D eigenvalue weighted by atomic mass is 35.5. The minimum Gasteiger partial charge on any atom is -0.389 e. The molecule has 0 rings (SSSR count). The van der Waals surface area contributed by atoms with Crippen LogP contribution in [0.25, 0.3) is 0 Å². The average Bonchev–Trinajstić information content (AvgIpc) is 1.61. The molecule has 0 aliphatic heterocycles. The topological polar surface area (TPSA) is 44.1 Å². The van der Waals surface area contributed by atoms with Crippen molar-refractivity contribution in [3.63, 3.8) is 0 Å². The number of aliphatic hydroxyl groups excluding tert-OH is 1. The lowest BCUT2D eigenvalue weighted by Crippen LogP contribution is -1.92. The van der Waals surface area contributed by atoms with Crippen LogP contribution in [0.2, 0.25) is 0 Å². The fraction of sp³-hybridized carbons (Fsp3) is 0.400. The molecule has 0 aromatic rings. The number of aliphatic hydroxyl groups is 1. The summed E-state index contributed by atoms with van der Waals surface area (Å²) >= 11 is 5.11. The molecule has 2 N–H and O–H groups in total. The highest BCUT2D eigenvalue weighted by Gasteiger charge is 1.84. The fourth-order valence-corrected chi connectivity index (χ4v) is 0.296. The maximum Gasteiger partial charge on any atom is 0.120 e. The van der Waals surface area contributed by atoms with Gasteiger partial charge in [0.1, 0.15) is 5.17 Å². The summed E-state index contributed by atoms with van der Waals surface area (Å²) in [7, 11) is 0. The molecular weight excluding hydrogens is 126 g/mol. The monoisotopic (exact) mass is 133 g/mol. The summed E-state index contributed by atoms with van der Waals surface area (Å²) in [6.07, 6.45) is 2.26. The smallest absolute Gasteiger partial charge is 0.120 e. The molecule has 0 radical (unpaired) electrons. The van der Waals surface area contributed by atoms with Gasteiger partial charge >= 0.3 is 0 Å². The molecule has 0 aliphatic carbocycles. The van der Waals surface area contributed by atoms with Gasteiger partial charge in [0.25, 0.3) is 0 Å². The Morgan fingerprint density at radius 1 is 1.88 bits per heavy atom. The number of hydrogen-bond donors (Lipinski definition) is 2. The van der Waals surface area contributed by atoms with E-state index in [0.29, 0.717) is 0 Å². The van der Waals surface area contributed by atoms with Crippen LogP contribution in [0.1, 0.15) is 6.92 Å². The van der Waals surface area contributed by atoms with E-state index in [0.717, 1.165) is 0 Å². The summed E-state index contributed by atoms with van der Waals surface area (Å²) in [4.78, 5) is 0. The van der Waals surface area contributed by atoms with Crippen molar-refractivity contribution in [3.8, 4) is 0 Å². The van der Waals surface area contributed by atoms with E-state index < -0.39 is 6.10 Å². The molecule has 0 aromatic heterocycles. The first-order chi connectivity index (χ1) is 3.63. The lowest BCUT2D eigenvalue weighted by atomic mass is 10.4. The average molecular weight is 134 g/mol. The number of nitrogens with one attached hydrogen (secondary N) is 1. The van der Waals surface area contributed by atoms with Crippen LogP contribution >= 0.6 is 11.6 Å². The Hall–Kier alpha value is -0.340. The molecule has 1 unspecified atom stereocenters. The number of allylic oxidation sites excluding steroid dienone is 1. The van der Waals surface area contributed by atoms with Crippen LogP contribution in [-0.4, -0.2) is 16.4 Å². The zero-order chi connectivity index (χ0) is 6.57. The minimum atomic E-state index is -0.519. The molecule has 0 bridgehead atoms. The highest BCUT2D eigenvalue weighted by molar-refractivity contribution is 6.67. The van der Waals surface area contributed by atoms with Gasteiger partial charge < -0.3 is 5.11 Å². The predicted octanol–water partition coefficient (Wildman–Crippen LogP) is 1.14. The Bertz CT molecular complexity index is 109. The molecule has 8 heavy (non-hydrogen) atoms. The molecule has 0 spiro atoms. The third kappa shape index (κ3) is 5.66. The second kappa shape index (κ2) is 3.64. The van der Waals surface area contributed by atoms with Gasteiger partial charge in [-0.05, 0) is 13.0 Å². The van der Waals surface area contributed by atoms with Crippen LogP contribution < -0.4 is 0 Å². The molecule has 3 heteroatoms. The molecular formula is C5H8ClNO. The van der Waals surface area contributed by atoms with Gasteiger partial charge in [0, 0.05) is 0 Å². The molecule has 1 atom stereocenters. The highest BCUT2D eigenvalue weighted by Crippen LogP contribution is 1.86. The fourth-order valence-electron chi connectivity index (χ4n) is 0.224. The van der Waals surface area contributed by atoms with E-state index in [9.17, 15) is 0 Å². The molecule has 0 aromatic carbocycles. The third-order valence-electron chi connectivity index (χ3n) is 0.521. The lowest BCUT2D eigenvalue weighted by Gasteiger charge is -1.89. The summed E-state index contributed by atoms with van der Waals surface area (Å²) in [6, 6.07) is 0. The largest absolute Gasteiger partial charge is 0.389 e. The lowest BCUT2D eigenvalue weighted by molar-refractivity contribution is 0.244. The summed E-state index contributed by atoms with van der Waals surface area (Å²) in [5, 5.41) is 15.2. The Morgan fingerprint density at radius 2 is 2.38 bits per heavy atom.